The van der Waals surface area contributed by atoms with Crippen molar-refractivity contribution in [1.29, 1.82) is 0 Å². The lowest BCUT2D eigenvalue weighted by Crippen LogP contribution is -2.18. The minimum atomic E-state index is 0.544. The summed E-state index contributed by atoms with van der Waals surface area (Å²) in [5, 5.41) is 0.544. The smallest absolute Gasteiger partial charge is 0.150 e. The Labute approximate surface area is 128 Å². The van der Waals surface area contributed by atoms with Gasteiger partial charge in [0.2, 0.25) is 0 Å². The zero-order valence-electron chi connectivity index (χ0n) is 11.6. The zero-order chi connectivity index (χ0) is 14.5. The lowest BCUT2D eigenvalue weighted by Gasteiger charge is -2.19. The molecule has 1 aromatic heterocycles. The lowest BCUT2D eigenvalue weighted by atomic mass is 10.2. The monoisotopic (exact) mass is 309 g/mol. The van der Waals surface area contributed by atoms with E-state index in [9.17, 15) is 0 Å². The highest BCUT2D eigenvalue weighted by Gasteiger charge is 2.10. The van der Waals surface area contributed by atoms with Crippen molar-refractivity contribution in [2.24, 2.45) is 0 Å². The first kappa shape index (κ1) is 14.9. The topological polar surface area (TPSA) is 38.2 Å². The molecule has 2 rings (SSSR count). The average Bonchev–Trinajstić information content (AvgIpc) is 2.47. The van der Waals surface area contributed by atoms with Gasteiger partial charge in [-0.1, -0.05) is 17.7 Å². The Kier molecular flexibility index (Phi) is 5.09. The third kappa shape index (κ3) is 3.35. The third-order valence-corrected chi connectivity index (χ3v) is 3.92. The Balaban J connectivity index is 2.20. The van der Waals surface area contributed by atoms with E-state index in [2.05, 4.69) is 22.1 Å². The molecule has 0 unspecified atom stereocenters. The number of thioether (sulfide) groups is 1. The molecule has 0 amide bonds. The SMILES string of the molecule is COc1cc(CN(C)c2ncncc2Cl)ccc1SC. The Bertz CT molecular complexity index is 594. The number of hydrogen-bond donors (Lipinski definition) is 0. The van der Waals surface area contributed by atoms with Crippen molar-refractivity contribution < 1.29 is 4.74 Å². The van der Waals surface area contributed by atoms with Crippen molar-refractivity contribution in [3.8, 4) is 5.75 Å². The quantitative estimate of drug-likeness (QED) is 0.790. The Morgan fingerprint density at radius 3 is 2.85 bits per heavy atom. The molecule has 0 saturated heterocycles. The average molecular weight is 310 g/mol. The maximum Gasteiger partial charge on any atom is 0.150 e. The first-order valence-corrected chi connectivity index (χ1v) is 7.63. The number of methoxy groups -OCH3 is 1. The van der Waals surface area contributed by atoms with Crippen LogP contribution in [0.1, 0.15) is 5.56 Å². The van der Waals surface area contributed by atoms with Crippen LogP contribution in [0.15, 0.2) is 35.6 Å². The summed E-state index contributed by atoms with van der Waals surface area (Å²) in [7, 11) is 3.63. The standard InChI is InChI=1S/C14H16ClN3OS/c1-18(14-11(15)7-16-9-17-14)8-10-4-5-13(20-3)12(6-10)19-2/h4-7,9H,8H2,1-3H3. The summed E-state index contributed by atoms with van der Waals surface area (Å²) in [5.41, 5.74) is 1.14. The molecule has 0 saturated carbocycles. The molecule has 2 aromatic rings. The predicted molar refractivity (Wildman–Crippen MR) is 83.9 cm³/mol. The van der Waals surface area contributed by atoms with E-state index in [1.54, 1.807) is 25.1 Å². The normalized spacial score (nSPS) is 10.4. The van der Waals surface area contributed by atoms with Gasteiger partial charge in [-0.15, -0.1) is 11.8 Å². The van der Waals surface area contributed by atoms with Crippen LogP contribution in [0.5, 0.6) is 5.75 Å². The van der Waals surface area contributed by atoms with Gasteiger partial charge in [-0.25, -0.2) is 9.97 Å². The van der Waals surface area contributed by atoms with Gasteiger partial charge in [-0.2, -0.15) is 0 Å². The molecule has 106 valence electrons. The van der Waals surface area contributed by atoms with E-state index in [1.165, 1.54) is 6.33 Å². The summed E-state index contributed by atoms with van der Waals surface area (Å²) in [6, 6.07) is 6.19. The molecule has 0 aliphatic heterocycles. The highest BCUT2D eigenvalue weighted by atomic mass is 35.5. The van der Waals surface area contributed by atoms with Gasteiger partial charge in [0.05, 0.1) is 13.3 Å². The van der Waals surface area contributed by atoms with Crippen LogP contribution in [0.3, 0.4) is 0 Å². The fourth-order valence-corrected chi connectivity index (χ4v) is 2.71. The van der Waals surface area contributed by atoms with E-state index in [4.69, 9.17) is 16.3 Å². The van der Waals surface area contributed by atoms with Gasteiger partial charge < -0.3 is 9.64 Å². The van der Waals surface area contributed by atoms with Crippen LogP contribution in [0.4, 0.5) is 5.82 Å². The van der Waals surface area contributed by atoms with Crippen molar-refractivity contribution in [3.63, 3.8) is 0 Å². The summed E-state index contributed by atoms with van der Waals surface area (Å²) in [4.78, 5) is 11.2. The van der Waals surface area contributed by atoms with Crippen molar-refractivity contribution in [2.75, 3.05) is 25.3 Å². The Hall–Kier alpha value is -1.46. The van der Waals surface area contributed by atoms with Crippen LogP contribution < -0.4 is 9.64 Å². The van der Waals surface area contributed by atoms with Gasteiger partial charge in [-0.3, -0.25) is 0 Å². The van der Waals surface area contributed by atoms with Gasteiger partial charge in [0, 0.05) is 18.5 Å². The molecule has 0 aliphatic rings. The summed E-state index contributed by atoms with van der Waals surface area (Å²) in [5.74, 6) is 1.60. The molecule has 0 radical (unpaired) electrons. The van der Waals surface area contributed by atoms with Crippen molar-refractivity contribution in [1.82, 2.24) is 9.97 Å². The van der Waals surface area contributed by atoms with Gasteiger partial charge in [0.1, 0.15) is 17.1 Å². The number of nitrogens with zero attached hydrogens (tertiary/aromatic N) is 3. The largest absolute Gasteiger partial charge is 0.496 e. The van der Waals surface area contributed by atoms with Crippen molar-refractivity contribution in [3.05, 3.63) is 41.3 Å². The molecule has 20 heavy (non-hydrogen) atoms. The molecule has 0 bridgehead atoms. The Morgan fingerprint density at radius 2 is 2.20 bits per heavy atom. The van der Waals surface area contributed by atoms with Crippen molar-refractivity contribution in [2.45, 2.75) is 11.4 Å². The molecule has 4 nitrogen and oxygen atoms in total. The van der Waals surface area contributed by atoms with Crippen LogP contribution in [-0.4, -0.2) is 30.4 Å². The molecule has 0 fully saturated rings. The molecular weight excluding hydrogens is 294 g/mol. The molecular formula is C14H16ClN3OS. The maximum absolute atomic E-state index is 6.10. The maximum atomic E-state index is 6.10. The summed E-state index contributed by atoms with van der Waals surface area (Å²) >= 11 is 7.76. The van der Waals surface area contributed by atoms with E-state index < -0.39 is 0 Å². The van der Waals surface area contributed by atoms with Crippen LogP contribution in [0.25, 0.3) is 0 Å². The second kappa shape index (κ2) is 6.81. The summed E-state index contributed by atoms with van der Waals surface area (Å²) in [6.45, 7) is 0.696. The van der Waals surface area contributed by atoms with Gasteiger partial charge in [0.25, 0.3) is 0 Å². The van der Waals surface area contributed by atoms with E-state index in [1.807, 2.05) is 24.3 Å². The predicted octanol–water partition coefficient (Wildman–Crippen LogP) is 3.50. The van der Waals surface area contributed by atoms with E-state index in [-0.39, 0.29) is 0 Å². The number of ether oxygens (including phenoxy) is 1. The van der Waals surface area contributed by atoms with Crippen LogP contribution in [0, 0.1) is 0 Å². The number of hydrogen-bond acceptors (Lipinski definition) is 5. The molecule has 1 heterocycles. The molecule has 0 atom stereocenters. The molecule has 0 spiro atoms. The first-order chi connectivity index (χ1) is 9.65. The second-order valence-corrected chi connectivity index (χ2v) is 5.49. The fourth-order valence-electron chi connectivity index (χ4n) is 1.91. The Morgan fingerprint density at radius 1 is 1.40 bits per heavy atom. The highest BCUT2D eigenvalue weighted by Crippen LogP contribution is 2.29. The van der Waals surface area contributed by atoms with E-state index in [0.29, 0.717) is 11.6 Å². The zero-order valence-corrected chi connectivity index (χ0v) is 13.2. The minimum Gasteiger partial charge on any atom is -0.496 e. The number of benzene rings is 1. The molecule has 6 heteroatoms. The van der Waals surface area contributed by atoms with Crippen molar-refractivity contribution >= 4 is 29.2 Å². The second-order valence-electron chi connectivity index (χ2n) is 4.24. The summed E-state index contributed by atoms with van der Waals surface area (Å²) in [6.07, 6.45) is 5.12. The number of halogens is 1. The summed E-state index contributed by atoms with van der Waals surface area (Å²) < 4.78 is 5.40. The number of aromatic nitrogens is 2. The number of rotatable bonds is 5. The fraction of sp³-hybridized carbons (Fsp3) is 0.286. The molecule has 1 aromatic carbocycles. The lowest BCUT2D eigenvalue weighted by molar-refractivity contribution is 0.404. The molecule has 0 N–H and O–H groups in total. The van der Waals surface area contributed by atoms with Gasteiger partial charge >= 0.3 is 0 Å². The third-order valence-electron chi connectivity index (χ3n) is 2.88. The molecule has 0 aliphatic carbocycles. The van der Waals surface area contributed by atoms with Crippen LogP contribution >= 0.6 is 23.4 Å². The van der Waals surface area contributed by atoms with Gasteiger partial charge in [0.15, 0.2) is 5.82 Å². The highest BCUT2D eigenvalue weighted by molar-refractivity contribution is 7.98. The van der Waals surface area contributed by atoms with Gasteiger partial charge in [-0.05, 0) is 24.0 Å². The minimum absolute atomic E-state index is 0.544. The van der Waals surface area contributed by atoms with Crippen LogP contribution in [0.2, 0.25) is 5.02 Å². The number of anilines is 1. The van der Waals surface area contributed by atoms with E-state index >= 15 is 0 Å². The van der Waals surface area contributed by atoms with Crippen LogP contribution in [-0.2, 0) is 6.54 Å². The van der Waals surface area contributed by atoms with E-state index in [0.717, 1.165) is 22.0 Å². The first-order valence-electron chi connectivity index (χ1n) is 6.03.